The predicted molar refractivity (Wildman–Crippen MR) is 235 cm³/mol. The molecule has 0 aromatic rings. The molecule has 0 aliphatic carbocycles. The number of carbonyl (C=O) groups is 2. The molecule has 1 aliphatic heterocycles. The van der Waals surface area contributed by atoms with E-state index in [0.717, 1.165) is 76.0 Å². The second-order valence-electron chi connectivity index (χ2n) is 17.5. The first kappa shape index (κ1) is 51.9. The van der Waals surface area contributed by atoms with Crippen LogP contribution in [0.5, 0.6) is 0 Å². The van der Waals surface area contributed by atoms with E-state index >= 15 is 0 Å². The van der Waals surface area contributed by atoms with Crippen molar-refractivity contribution in [3.05, 3.63) is 0 Å². The number of nitrogens with one attached hydrogen (secondary N) is 1. The van der Waals surface area contributed by atoms with E-state index in [2.05, 4.69) is 33.0 Å². The zero-order valence-corrected chi connectivity index (χ0v) is 37.4. The standard InChI is InChI=1S/C49H95NO5/c1-5-9-19-27-44(28-20-10-6-2)37-41-54-48(51)33-25-17-13-15-23-31-47(50-43-46-35-39-53-40-36-46)32-24-16-14-18-26-34-49(52)55-42-38-45(29-21-11-7-3)30-22-12-8-4/h44-47,50H,5-43H2,1-4H3. The fourth-order valence-corrected chi connectivity index (χ4v) is 8.43. The Morgan fingerprint density at radius 3 is 1.25 bits per heavy atom. The number of ether oxygens (including phenoxy) is 3. The maximum Gasteiger partial charge on any atom is 0.305 e. The van der Waals surface area contributed by atoms with Gasteiger partial charge in [-0.1, -0.05) is 182 Å². The summed E-state index contributed by atoms with van der Waals surface area (Å²) >= 11 is 0. The molecule has 0 radical (unpaired) electrons. The summed E-state index contributed by atoms with van der Waals surface area (Å²) in [5.74, 6) is 2.20. The summed E-state index contributed by atoms with van der Waals surface area (Å²) in [4.78, 5) is 24.8. The van der Waals surface area contributed by atoms with Crippen molar-refractivity contribution in [2.75, 3.05) is 33.0 Å². The molecule has 55 heavy (non-hydrogen) atoms. The van der Waals surface area contributed by atoms with Crippen molar-refractivity contribution in [1.29, 1.82) is 0 Å². The molecular weight excluding hydrogens is 683 g/mol. The highest BCUT2D eigenvalue weighted by atomic mass is 16.5. The molecule has 1 heterocycles. The third kappa shape index (κ3) is 33.5. The minimum absolute atomic E-state index is 0.00728. The first-order valence-electron chi connectivity index (χ1n) is 24.6. The predicted octanol–water partition coefficient (Wildman–Crippen LogP) is 14.3. The van der Waals surface area contributed by atoms with E-state index in [4.69, 9.17) is 14.2 Å². The molecule has 1 saturated heterocycles. The summed E-state index contributed by atoms with van der Waals surface area (Å²) in [6.07, 6.45) is 40.4. The van der Waals surface area contributed by atoms with Gasteiger partial charge >= 0.3 is 11.9 Å². The normalized spacial score (nSPS) is 13.7. The molecular formula is C49H95NO5. The van der Waals surface area contributed by atoms with Crippen LogP contribution in [-0.4, -0.2) is 51.0 Å². The van der Waals surface area contributed by atoms with Crippen LogP contribution < -0.4 is 5.32 Å². The molecule has 0 unspecified atom stereocenters. The number of hydrogen-bond donors (Lipinski definition) is 1. The van der Waals surface area contributed by atoms with Crippen LogP contribution in [-0.2, 0) is 23.8 Å². The van der Waals surface area contributed by atoms with Crippen molar-refractivity contribution in [3.8, 4) is 0 Å². The lowest BCUT2D eigenvalue weighted by Gasteiger charge is -2.26. The molecule has 0 atom stereocenters. The van der Waals surface area contributed by atoms with Gasteiger partial charge < -0.3 is 19.5 Å². The minimum atomic E-state index is 0.00728. The van der Waals surface area contributed by atoms with Gasteiger partial charge in [0.05, 0.1) is 13.2 Å². The van der Waals surface area contributed by atoms with Crippen LogP contribution in [0.4, 0.5) is 0 Å². The second-order valence-corrected chi connectivity index (χ2v) is 17.5. The van der Waals surface area contributed by atoms with Crippen molar-refractivity contribution in [3.63, 3.8) is 0 Å². The van der Waals surface area contributed by atoms with Crippen molar-refractivity contribution < 1.29 is 23.8 Å². The maximum atomic E-state index is 12.4. The summed E-state index contributed by atoms with van der Waals surface area (Å²) in [5.41, 5.74) is 0. The van der Waals surface area contributed by atoms with Gasteiger partial charge in [-0.25, -0.2) is 0 Å². The molecule has 0 aromatic carbocycles. The highest BCUT2D eigenvalue weighted by Crippen LogP contribution is 2.23. The molecule has 326 valence electrons. The Labute approximate surface area is 342 Å². The molecule has 6 nitrogen and oxygen atoms in total. The SMILES string of the molecule is CCCCCC(CCCCC)CCOC(=O)CCCCCCCC(CCCCCCCC(=O)OCCC(CCCCC)CCCCC)NCC1CCOCC1. The second kappa shape index (κ2) is 39.7. The third-order valence-corrected chi connectivity index (χ3v) is 12.3. The fraction of sp³-hybridized carbons (Fsp3) is 0.959. The van der Waals surface area contributed by atoms with Crippen LogP contribution in [0.15, 0.2) is 0 Å². The van der Waals surface area contributed by atoms with Gasteiger partial charge in [-0.15, -0.1) is 0 Å². The Morgan fingerprint density at radius 1 is 0.491 bits per heavy atom. The maximum absolute atomic E-state index is 12.4. The molecule has 0 amide bonds. The van der Waals surface area contributed by atoms with Crippen molar-refractivity contribution >= 4 is 11.9 Å². The van der Waals surface area contributed by atoms with E-state index < -0.39 is 0 Å². The molecule has 0 spiro atoms. The molecule has 1 fully saturated rings. The smallest absolute Gasteiger partial charge is 0.305 e. The van der Waals surface area contributed by atoms with Crippen LogP contribution in [0.1, 0.15) is 246 Å². The monoisotopic (exact) mass is 778 g/mol. The summed E-state index contributed by atoms with van der Waals surface area (Å²) in [6, 6.07) is 0.591. The molecule has 1 rings (SSSR count). The highest BCUT2D eigenvalue weighted by Gasteiger charge is 2.17. The number of hydrogen-bond acceptors (Lipinski definition) is 6. The van der Waals surface area contributed by atoms with Gasteiger partial charge in [0.1, 0.15) is 0 Å². The van der Waals surface area contributed by atoms with Gasteiger partial charge in [0.2, 0.25) is 0 Å². The van der Waals surface area contributed by atoms with Gasteiger partial charge in [0.25, 0.3) is 0 Å². The van der Waals surface area contributed by atoms with Gasteiger partial charge in [-0.3, -0.25) is 9.59 Å². The molecule has 0 saturated carbocycles. The topological polar surface area (TPSA) is 73.9 Å². The number of unbranched alkanes of at least 4 members (excludes halogenated alkanes) is 16. The van der Waals surface area contributed by atoms with Crippen molar-refractivity contribution in [1.82, 2.24) is 5.32 Å². The summed E-state index contributed by atoms with van der Waals surface area (Å²) in [5, 5.41) is 3.96. The van der Waals surface area contributed by atoms with Gasteiger partial charge in [-0.05, 0) is 75.7 Å². The Morgan fingerprint density at radius 2 is 0.855 bits per heavy atom. The zero-order valence-electron chi connectivity index (χ0n) is 37.4. The van der Waals surface area contributed by atoms with E-state index in [9.17, 15) is 9.59 Å². The highest BCUT2D eigenvalue weighted by molar-refractivity contribution is 5.69. The Kier molecular flexibility index (Phi) is 37.4. The Hall–Kier alpha value is -1.14. The van der Waals surface area contributed by atoms with Gasteiger partial charge in [0.15, 0.2) is 0 Å². The van der Waals surface area contributed by atoms with Crippen LogP contribution in [0.25, 0.3) is 0 Å². The van der Waals surface area contributed by atoms with E-state index in [-0.39, 0.29) is 11.9 Å². The number of rotatable bonds is 41. The first-order chi connectivity index (χ1) is 27.0. The summed E-state index contributed by atoms with van der Waals surface area (Å²) in [7, 11) is 0. The van der Waals surface area contributed by atoms with Crippen LogP contribution in [0, 0.1) is 17.8 Å². The van der Waals surface area contributed by atoms with E-state index in [1.165, 1.54) is 167 Å². The van der Waals surface area contributed by atoms with E-state index in [0.29, 0.717) is 32.1 Å². The van der Waals surface area contributed by atoms with Crippen molar-refractivity contribution in [2.24, 2.45) is 17.8 Å². The lowest BCUT2D eigenvalue weighted by atomic mass is 9.92. The average molecular weight is 778 g/mol. The average Bonchev–Trinajstić information content (AvgIpc) is 3.19. The molecule has 6 heteroatoms. The van der Waals surface area contributed by atoms with Crippen LogP contribution >= 0.6 is 0 Å². The number of carbonyl (C=O) groups excluding carboxylic acids is 2. The van der Waals surface area contributed by atoms with Crippen LogP contribution in [0.2, 0.25) is 0 Å². The molecule has 1 N–H and O–H groups in total. The fourth-order valence-electron chi connectivity index (χ4n) is 8.43. The third-order valence-electron chi connectivity index (χ3n) is 12.3. The summed E-state index contributed by atoms with van der Waals surface area (Å²) < 4.78 is 16.9. The lowest BCUT2D eigenvalue weighted by molar-refractivity contribution is -0.145. The van der Waals surface area contributed by atoms with Crippen molar-refractivity contribution in [2.45, 2.75) is 252 Å². The Bertz CT molecular complexity index is 754. The quantitative estimate of drug-likeness (QED) is 0.0492. The lowest BCUT2D eigenvalue weighted by Crippen LogP contribution is -2.35. The Balaban J connectivity index is 2.22. The number of esters is 2. The molecule has 1 aliphatic rings. The van der Waals surface area contributed by atoms with Gasteiger partial charge in [-0.2, -0.15) is 0 Å². The van der Waals surface area contributed by atoms with Gasteiger partial charge in [0, 0.05) is 32.1 Å². The summed E-state index contributed by atoms with van der Waals surface area (Å²) in [6.45, 7) is 13.2. The molecule has 0 bridgehead atoms. The minimum Gasteiger partial charge on any atom is -0.466 e. The zero-order chi connectivity index (χ0) is 39.9. The molecule has 0 aromatic heterocycles. The first-order valence-corrected chi connectivity index (χ1v) is 24.6. The largest absolute Gasteiger partial charge is 0.466 e. The van der Waals surface area contributed by atoms with E-state index in [1.54, 1.807) is 0 Å². The van der Waals surface area contributed by atoms with Crippen LogP contribution in [0.3, 0.4) is 0 Å². The van der Waals surface area contributed by atoms with E-state index in [1.807, 2.05) is 0 Å².